The summed E-state index contributed by atoms with van der Waals surface area (Å²) in [6.07, 6.45) is 0.934. The second kappa shape index (κ2) is 4.21. The molecule has 0 aliphatic carbocycles. The molecule has 0 radical (unpaired) electrons. The minimum Gasteiger partial charge on any atom is -0.325 e. The molecular weight excluding hydrogens is 212 g/mol. The van der Waals surface area contributed by atoms with Gasteiger partial charge in [-0.3, -0.25) is 9.69 Å². The van der Waals surface area contributed by atoms with E-state index in [0.717, 1.165) is 24.2 Å². The number of carbonyl (C=O) groups is 1. The lowest BCUT2D eigenvalue weighted by Crippen LogP contribution is -2.34. The quantitative estimate of drug-likeness (QED) is 0.729. The van der Waals surface area contributed by atoms with Crippen LogP contribution in [0.2, 0.25) is 5.02 Å². The molecule has 1 N–H and O–H groups in total. The molecule has 1 amide bonds. The van der Waals surface area contributed by atoms with Gasteiger partial charge >= 0.3 is 0 Å². The first-order valence-electron chi connectivity index (χ1n) is 4.92. The Morgan fingerprint density at radius 2 is 2.27 bits per heavy atom. The summed E-state index contributed by atoms with van der Waals surface area (Å²) in [5.74, 6) is 0.0146. The lowest BCUT2D eigenvalue weighted by atomic mass is 10.1. The zero-order valence-electron chi connectivity index (χ0n) is 8.59. The first-order chi connectivity index (χ1) is 7.15. The van der Waals surface area contributed by atoms with Gasteiger partial charge in [0.2, 0.25) is 5.91 Å². The lowest BCUT2D eigenvalue weighted by molar-refractivity contribution is -0.117. The largest absolute Gasteiger partial charge is 0.325 e. The SMILES string of the molecule is CN1CCc2ccc(Cl)cc2NC(=O)C1. The Morgan fingerprint density at radius 3 is 3.07 bits per heavy atom. The topological polar surface area (TPSA) is 32.3 Å². The highest BCUT2D eigenvalue weighted by molar-refractivity contribution is 6.31. The van der Waals surface area contributed by atoms with Gasteiger partial charge in [-0.25, -0.2) is 0 Å². The van der Waals surface area contributed by atoms with E-state index >= 15 is 0 Å². The number of halogens is 1. The Hall–Kier alpha value is -1.06. The molecule has 0 aromatic heterocycles. The van der Waals surface area contributed by atoms with Crippen molar-refractivity contribution in [2.24, 2.45) is 0 Å². The summed E-state index contributed by atoms with van der Waals surface area (Å²) in [4.78, 5) is 13.5. The minimum atomic E-state index is 0.0146. The molecule has 15 heavy (non-hydrogen) atoms. The van der Waals surface area contributed by atoms with Crippen molar-refractivity contribution in [3.63, 3.8) is 0 Å². The van der Waals surface area contributed by atoms with Crippen LogP contribution >= 0.6 is 11.6 Å². The number of anilines is 1. The Labute approximate surface area is 94.0 Å². The van der Waals surface area contributed by atoms with E-state index in [0.29, 0.717) is 11.6 Å². The molecular formula is C11H13ClN2O. The van der Waals surface area contributed by atoms with Crippen LogP contribution in [-0.4, -0.2) is 30.9 Å². The van der Waals surface area contributed by atoms with Crippen LogP contribution in [0.5, 0.6) is 0 Å². The maximum absolute atomic E-state index is 11.5. The van der Waals surface area contributed by atoms with E-state index in [4.69, 9.17) is 11.6 Å². The summed E-state index contributed by atoms with van der Waals surface area (Å²) in [6.45, 7) is 1.33. The number of rotatable bonds is 0. The van der Waals surface area contributed by atoms with Gasteiger partial charge in [0, 0.05) is 17.3 Å². The van der Waals surface area contributed by atoms with Crippen LogP contribution in [0, 0.1) is 0 Å². The van der Waals surface area contributed by atoms with Crippen LogP contribution in [0.25, 0.3) is 0 Å². The second-order valence-corrected chi connectivity index (χ2v) is 4.27. The van der Waals surface area contributed by atoms with Crippen LogP contribution in [-0.2, 0) is 11.2 Å². The number of fused-ring (bicyclic) bond motifs is 1. The fourth-order valence-electron chi connectivity index (χ4n) is 1.71. The third-order valence-corrected chi connectivity index (χ3v) is 2.76. The van der Waals surface area contributed by atoms with E-state index in [1.165, 1.54) is 0 Å². The number of benzene rings is 1. The Bertz CT molecular complexity index is 392. The Morgan fingerprint density at radius 1 is 1.47 bits per heavy atom. The normalized spacial score (nSPS) is 17.6. The highest BCUT2D eigenvalue weighted by Gasteiger charge is 2.14. The van der Waals surface area contributed by atoms with Gasteiger partial charge in [0.15, 0.2) is 0 Å². The van der Waals surface area contributed by atoms with E-state index in [2.05, 4.69) is 5.32 Å². The maximum Gasteiger partial charge on any atom is 0.238 e. The van der Waals surface area contributed by atoms with Gasteiger partial charge in [-0.1, -0.05) is 17.7 Å². The summed E-state index contributed by atoms with van der Waals surface area (Å²) in [6, 6.07) is 5.63. The molecule has 0 atom stereocenters. The molecule has 0 spiro atoms. The van der Waals surface area contributed by atoms with Gasteiger partial charge in [0.25, 0.3) is 0 Å². The smallest absolute Gasteiger partial charge is 0.238 e. The number of likely N-dealkylation sites (N-methyl/N-ethyl adjacent to an activating group) is 1. The maximum atomic E-state index is 11.5. The summed E-state index contributed by atoms with van der Waals surface area (Å²) in [5.41, 5.74) is 1.99. The number of nitrogens with one attached hydrogen (secondary N) is 1. The standard InChI is InChI=1S/C11H13ClN2O/c1-14-5-4-8-2-3-9(12)6-10(8)13-11(15)7-14/h2-3,6H,4-5,7H2,1H3,(H,13,15). The van der Waals surface area contributed by atoms with Gasteiger partial charge in [-0.15, -0.1) is 0 Å². The fraction of sp³-hybridized carbons (Fsp3) is 0.364. The van der Waals surface area contributed by atoms with Crippen molar-refractivity contribution in [1.29, 1.82) is 0 Å². The van der Waals surface area contributed by atoms with Crippen LogP contribution in [0.4, 0.5) is 5.69 Å². The highest BCUT2D eigenvalue weighted by Crippen LogP contribution is 2.22. The number of hydrogen-bond donors (Lipinski definition) is 1. The number of amides is 1. The van der Waals surface area contributed by atoms with Gasteiger partial charge in [0.05, 0.1) is 6.54 Å². The van der Waals surface area contributed by atoms with E-state index in [1.807, 2.05) is 24.1 Å². The number of hydrogen-bond acceptors (Lipinski definition) is 2. The van der Waals surface area contributed by atoms with Gasteiger partial charge < -0.3 is 5.32 Å². The molecule has 0 saturated carbocycles. The summed E-state index contributed by atoms with van der Waals surface area (Å²) >= 11 is 5.89. The van der Waals surface area contributed by atoms with Crippen LogP contribution < -0.4 is 5.32 Å². The van der Waals surface area contributed by atoms with Crippen LogP contribution in [0.1, 0.15) is 5.56 Å². The van der Waals surface area contributed by atoms with Crippen molar-refractivity contribution in [3.05, 3.63) is 28.8 Å². The zero-order chi connectivity index (χ0) is 10.8. The van der Waals surface area contributed by atoms with Gasteiger partial charge in [0.1, 0.15) is 0 Å². The highest BCUT2D eigenvalue weighted by atomic mass is 35.5. The lowest BCUT2D eigenvalue weighted by Gasteiger charge is -2.21. The molecule has 1 aliphatic heterocycles. The molecule has 1 aromatic rings. The summed E-state index contributed by atoms with van der Waals surface area (Å²) in [7, 11) is 1.94. The molecule has 1 aliphatic rings. The molecule has 0 saturated heterocycles. The Kier molecular flexibility index (Phi) is 2.93. The van der Waals surface area contributed by atoms with Crippen molar-refractivity contribution in [1.82, 2.24) is 4.90 Å². The number of nitrogens with zero attached hydrogens (tertiary/aromatic N) is 1. The van der Waals surface area contributed by atoms with Crippen molar-refractivity contribution < 1.29 is 4.79 Å². The third-order valence-electron chi connectivity index (χ3n) is 2.52. The van der Waals surface area contributed by atoms with Crippen molar-refractivity contribution in [3.8, 4) is 0 Å². The van der Waals surface area contributed by atoms with E-state index < -0.39 is 0 Å². The van der Waals surface area contributed by atoms with Gasteiger partial charge in [-0.2, -0.15) is 0 Å². The third kappa shape index (κ3) is 2.49. The van der Waals surface area contributed by atoms with E-state index in [1.54, 1.807) is 6.07 Å². The summed E-state index contributed by atoms with van der Waals surface area (Å²) in [5, 5.41) is 3.52. The average molecular weight is 225 g/mol. The predicted octanol–water partition coefficient (Wildman–Crippen LogP) is 1.77. The monoisotopic (exact) mass is 224 g/mol. The van der Waals surface area contributed by atoms with Crippen molar-refractivity contribution in [2.75, 3.05) is 25.5 Å². The molecule has 0 bridgehead atoms. The molecule has 3 nitrogen and oxygen atoms in total. The van der Waals surface area contributed by atoms with E-state index in [-0.39, 0.29) is 5.91 Å². The fourth-order valence-corrected chi connectivity index (χ4v) is 1.88. The van der Waals surface area contributed by atoms with Crippen LogP contribution in [0.15, 0.2) is 18.2 Å². The second-order valence-electron chi connectivity index (χ2n) is 3.84. The molecule has 0 unspecified atom stereocenters. The van der Waals surface area contributed by atoms with Gasteiger partial charge in [-0.05, 0) is 31.2 Å². The molecule has 4 heteroatoms. The molecule has 0 fully saturated rings. The van der Waals surface area contributed by atoms with Crippen molar-refractivity contribution in [2.45, 2.75) is 6.42 Å². The minimum absolute atomic E-state index is 0.0146. The first kappa shape index (κ1) is 10.5. The van der Waals surface area contributed by atoms with Crippen LogP contribution in [0.3, 0.4) is 0 Å². The van der Waals surface area contributed by atoms with E-state index in [9.17, 15) is 4.79 Å². The van der Waals surface area contributed by atoms with Crippen molar-refractivity contribution >= 4 is 23.2 Å². The molecule has 1 aromatic carbocycles. The summed E-state index contributed by atoms with van der Waals surface area (Å²) < 4.78 is 0. The molecule has 80 valence electrons. The molecule has 2 rings (SSSR count). The zero-order valence-corrected chi connectivity index (χ0v) is 9.34. The predicted molar refractivity (Wildman–Crippen MR) is 61.3 cm³/mol. The average Bonchev–Trinajstić information content (AvgIpc) is 2.14. The Balaban J connectivity index is 2.32. The first-order valence-corrected chi connectivity index (χ1v) is 5.30. The molecule has 1 heterocycles. The number of carbonyl (C=O) groups excluding carboxylic acids is 1.